The molecular formula is C16H36FPb. The fraction of sp³-hybridized carbons (Fsp3) is 1.00. The first-order valence-corrected chi connectivity index (χ1v) is 19.2. The number of halogens is 1. The number of hydrogen-bond acceptors (Lipinski definition) is 0. The summed E-state index contributed by atoms with van der Waals surface area (Å²) >= 11 is -1.83. The zero-order valence-electron chi connectivity index (χ0n) is 13.4. The van der Waals surface area contributed by atoms with Crippen LogP contribution in [0.2, 0.25) is 15.9 Å². The van der Waals surface area contributed by atoms with Gasteiger partial charge in [-0.1, -0.05) is 0 Å². The van der Waals surface area contributed by atoms with Crippen molar-refractivity contribution in [1.82, 2.24) is 0 Å². The molecule has 0 saturated carbocycles. The molecule has 0 aliphatic carbocycles. The second-order valence-corrected chi connectivity index (χ2v) is 25.4. The summed E-state index contributed by atoms with van der Waals surface area (Å²) in [6.45, 7) is 9.49. The molecule has 111 valence electrons. The van der Waals surface area contributed by atoms with Crippen molar-refractivity contribution in [2.24, 2.45) is 0 Å². The van der Waals surface area contributed by atoms with E-state index in [1.54, 1.807) is 41.6 Å². The Morgan fingerprint density at radius 1 is 0.500 bits per heavy atom. The van der Waals surface area contributed by atoms with Crippen molar-refractivity contribution in [2.45, 2.75) is 95.0 Å². The van der Waals surface area contributed by atoms with Crippen LogP contribution in [-0.4, -0.2) is 21.2 Å². The Morgan fingerprint density at radius 3 is 0.889 bits per heavy atom. The van der Waals surface area contributed by atoms with Crippen LogP contribution >= 0.6 is 0 Å². The second-order valence-electron chi connectivity index (χ2n) is 5.91. The van der Waals surface area contributed by atoms with Crippen molar-refractivity contribution >= 4 is 21.2 Å². The largest absolute Gasteiger partial charge is 0 e. The molecule has 0 aliphatic heterocycles. The van der Waals surface area contributed by atoms with Gasteiger partial charge in [0, 0.05) is 4.70 Å². The van der Waals surface area contributed by atoms with Crippen LogP contribution in [0, 0.1) is 0 Å². The summed E-state index contributed by atoms with van der Waals surface area (Å²) in [7, 11) is 0. The standard InChI is InChI=1S/4C4H9.F.Pb/c4*1-3-4-2;;/h4*1,3-4H2,2H3;;. The molecule has 18 heavy (non-hydrogen) atoms. The molecule has 0 rings (SSSR count). The molecule has 0 atom stereocenters. The van der Waals surface area contributed by atoms with Gasteiger partial charge in [0.2, 0.25) is 0 Å². The van der Waals surface area contributed by atoms with Crippen molar-refractivity contribution in [3.8, 4) is 0 Å². The maximum Gasteiger partial charge on any atom is 0 e. The van der Waals surface area contributed by atoms with Crippen LogP contribution in [0.3, 0.4) is 0 Å². The maximum atomic E-state index is 2.37. The number of rotatable bonds is 12. The average Bonchev–Trinajstić information content (AvgIpc) is 2.37. The van der Waals surface area contributed by atoms with Crippen LogP contribution in [0.25, 0.3) is 0 Å². The van der Waals surface area contributed by atoms with E-state index in [4.69, 9.17) is 0 Å². The minimum absolute atomic E-state index is 0. The topological polar surface area (TPSA) is 0 Å². The Kier molecular flexibility index (Phi) is 16.8. The molecule has 0 bridgehead atoms. The van der Waals surface area contributed by atoms with E-state index in [1.165, 1.54) is 25.7 Å². The summed E-state index contributed by atoms with van der Waals surface area (Å²) in [4.78, 5) is 0. The fourth-order valence-electron chi connectivity index (χ4n) is 2.96. The molecule has 0 N–H and O–H groups in total. The van der Waals surface area contributed by atoms with Gasteiger partial charge in [0.05, 0.1) is 0 Å². The maximum absolute atomic E-state index is 2.37. The van der Waals surface area contributed by atoms with Gasteiger partial charge in [-0.15, -0.1) is 0 Å². The Bertz CT molecular complexity index is 122. The van der Waals surface area contributed by atoms with Crippen LogP contribution in [0.15, 0.2) is 0 Å². The molecule has 0 aliphatic rings. The summed E-state index contributed by atoms with van der Waals surface area (Å²) in [5, 5.41) is 0. The minimum Gasteiger partial charge on any atom is 0 e. The van der Waals surface area contributed by atoms with E-state index in [2.05, 4.69) is 27.7 Å². The van der Waals surface area contributed by atoms with Gasteiger partial charge >= 0.3 is 116 Å². The molecule has 0 aromatic carbocycles. The zero-order chi connectivity index (χ0) is 13.0. The Balaban J connectivity index is 0. The molecule has 0 heterocycles. The first-order chi connectivity index (χ1) is 8.24. The molecule has 0 aromatic heterocycles. The van der Waals surface area contributed by atoms with Crippen LogP contribution in [0.1, 0.15) is 79.1 Å². The summed E-state index contributed by atoms with van der Waals surface area (Å²) in [6.07, 6.45) is 11.9. The van der Waals surface area contributed by atoms with Crippen molar-refractivity contribution in [3.63, 3.8) is 0 Å². The first-order valence-electron chi connectivity index (χ1n) is 8.24. The van der Waals surface area contributed by atoms with Crippen LogP contribution < -0.4 is 0 Å². The fourth-order valence-corrected chi connectivity index (χ4v) is 25.9. The second kappa shape index (κ2) is 14.3. The quantitative estimate of drug-likeness (QED) is 0.277. The third kappa shape index (κ3) is 9.74. The summed E-state index contributed by atoms with van der Waals surface area (Å²) in [5.74, 6) is 0. The van der Waals surface area contributed by atoms with Crippen molar-refractivity contribution < 1.29 is 4.70 Å². The summed E-state index contributed by atoms with van der Waals surface area (Å²) < 4.78 is 6.85. The smallest absolute Gasteiger partial charge is 0 e. The molecule has 0 saturated heterocycles. The summed E-state index contributed by atoms with van der Waals surface area (Å²) in [5.41, 5.74) is 0. The van der Waals surface area contributed by atoms with Crippen molar-refractivity contribution in [3.05, 3.63) is 0 Å². The van der Waals surface area contributed by atoms with Gasteiger partial charge in [-0.2, -0.15) is 0 Å². The van der Waals surface area contributed by atoms with Gasteiger partial charge in [0.1, 0.15) is 0 Å². The van der Waals surface area contributed by atoms with E-state index in [1.807, 2.05) is 0 Å². The molecule has 1 radical (unpaired) electrons. The predicted octanol–water partition coefficient (Wildman–Crippen LogP) is 7.06. The molecule has 0 spiro atoms. The minimum atomic E-state index is -1.83. The third-order valence-corrected chi connectivity index (χ3v) is 26.2. The predicted molar refractivity (Wildman–Crippen MR) is 85.7 cm³/mol. The van der Waals surface area contributed by atoms with Gasteiger partial charge in [-0.3, -0.25) is 0 Å². The van der Waals surface area contributed by atoms with E-state index >= 15 is 0 Å². The Hall–Kier alpha value is 0.852. The number of unbranched alkanes of at least 4 members (excludes halogenated alkanes) is 4. The van der Waals surface area contributed by atoms with Gasteiger partial charge in [0.15, 0.2) is 0 Å². The molecular weight excluding hydrogens is 418 g/mol. The van der Waals surface area contributed by atoms with E-state index in [0.29, 0.717) is 0 Å². The van der Waals surface area contributed by atoms with E-state index < -0.39 is 21.2 Å². The van der Waals surface area contributed by atoms with Gasteiger partial charge in [-0.05, 0) is 0 Å². The molecule has 0 aromatic rings. The third-order valence-electron chi connectivity index (χ3n) is 4.24. The van der Waals surface area contributed by atoms with Crippen molar-refractivity contribution in [2.75, 3.05) is 0 Å². The molecule has 0 fully saturated rings. The van der Waals surface area contributed by atoms with E-state index in [9.17, 15) is 0 Å². The summed E-state index contributed by atoms with van der Waals surface area (Å²) in [6, 6.07) is 0. The number of hydrogen-bond donors (Lipinski definition) is 0. The van der Waals surface area contributed by atoms with Crippen molar-refractivity contribution in [1.29, 1.82) is 0 Å². The molecule has 0 unspecified atom stereocenters. The van der Waals surface area contributed by atoms with Crippen LogP contribution in [0.5, 0.6) is 0 Å². The molecule has 0 nitrogen and oxygen atoms in total. The monoisotopic (exact) mass is 455 g/mol. The normalized spacial score (nSPS) is 11.3. The van der Waals surface area contributed by atoms with E-state index in [0.717, 1.165) is 0 Å². The first kappa shape index (κ1) is 21.2. The molecule has 0 amide bonds. The zero-order valence-corrected chi connectivity index (χ0v) is 17.3. The van der Waals surface area contributed by atoms with Gasteiger partial charge in [-0.25, -0.2) is 0 Å². The SMILES string of the molecule is CCC[CH2][Pb]([CH2]CCC)([CH2]CCC)[CH2]CCC.[F]. The van der Waals surface area contributed by atoms with Crippen LogP contribution in [0.4, 0.5) is 4.70 Å². The Labute approximate surface area is 120 Å². The molecule has 2 heteroatoms. The van der Waals surface area contributed by atoms with Crippen LogP contribution in [-0.2, 0) is 0 Å². The average molecular weight is 455 g/mol. The Morgan fingerprint density at radius 2 is 0.722 bits per heavy atom. The van der Waals surface area contributed by atoms with Gasteiger partial charge < -0.3 is 0 Å². The van der Waals surface area contributed by atoms with Gasteiger partial charge in [0.25, 0.3) is 0 Å². The van der Waals surface area contributed by atoms with E-state index in [-0.39, 0.29) is 4.70 Å².